The molecule has 0 aromatic heterocycles. The lowest BCUT2D eigenvalue weighted by atomic mass is 9.54. The molecule has 0 bridgehead atoms. The quantitative estimate of drug-likeness (QED) is 0.429. The molecule has 24 heavy (non-hydrogen) atoms. The van der Waals surface area contributed by atoms with Crippen LogP contribution in [0.3, 0.4) is 0 Å². The van der Waals surface area contributed by atoms with Crippen LogP contribution in [0.25, 0.3) is 0 Å². The van der Waals surface area contributed by atoms with Gasteiger partial charge in [-0.3, -0.25) is 4.99 Å². The number of hydrogen-bond acceptors (Lipinski definition) is 2. The summed E-state index contributed by atoms with van der Waals surface area (Å²) in [4.78, 5) is 4.55. The maximum atomic E-state index is 6.18. The molecular weight excluding hydrogens is 413 g/mol. The second-order valence-electron chi connectivity index (χ2n) is 7.31. The minimum absolute atomic E-state index is 0. The van der Waals surface area contributed by atoms with Crippen molar-refractivity contribution in [3.63, 3.8) is 0 Å². The minimum atomic E-state index is 0. The van der Waals surface area contributed by atoms with Crippen molar-refractivity contribution in [2.75, 3.05) is 13.2 Å². The van der Waals surface area contributed by atoms with E-state index in [1.165, 1.54) is 37.7 Å². The average molecular weight is 441 g/mol. The number of rotatable bonds is 4. The predicted octanol–water partition coefficient (Wildman–Crippen LogP) is 3.10. The highest BCUT2D eigenvalue weighted by Crippen LogP contribution is 2.60. The molecule has 3 fully saturated rings. The van der Waals surface area contributed by atoms with E-state index in [1.807, 2.05) is 6.07 Å². The van der Waals surface area contributed by atoms with Gasteiger partial charge in [0.1, 0.15) is 0 Å². The van der Waals surface area contributed by atoms with Gasteiger partial charge in [-0.2, -0.15) is 0 Å². The zero-order valence-electron chi connectivity index (χ0n) is 14.1. The first-order valence-corrected chi connectivity index (χ1v) is 9.02. The molecule has 1 heterocycles. The van der Waals surface area contributed by atoms with Gasteiger partial charge < -0.3 is 15.8 Å². The van der Waals surface area contributed by atoms with E-state index >= 15 is 0 Å². The highest BCUT2D eigenvalue weighted by molar-refractivity contribution is 14.0. The van der Waals surface area contributed by atoms with Crippen molar-refractivity contribution in [1.29, 1.82) is 0 Å². The van der Waals surface area contributed by atoms with Crippen molar-refractivity contribution < 1.29 is 4.74 Å². The van der Waals surface area contributed by atoms with Gasteiger partial charge in [0, 0.05) is 30.5 Å². The second kappa shape index (κ2) is 7.60. The number of guanidine groups is 1. The first-order valence-electron chi connectivity index (χ1n) is 9.02. The van der Waals surface area contributed by atoms with Gasteiger partial charge in [0.15, 0.2) is 5.96 Å². The monoisotopic (exact) mass is 441 g/mol. The first-order chi connectivity index (χ1) is 11.3. The van der Waals surface area contributed by atoms with Gasteiger partial charge in [0.25, 0.3) is 0 Å². The SMILES string of the molecule is I.NC(=NCCc1ccccc1)NC1C2CCOC2C12CCCC2. The zero-order valence-corrected chi connectivity index (χ0v) is 16.4. The fourth-order valence-electron chi connectivity index (χ4n) is 5.06. The van der Waals surface area contributed by atoms with E-state index in [0.717, 1.165) is 19.6 Å². The first kappa shape index (κ1) is 18.0. The van der Waals surface area contributed by atoms with Crippen LogP contribution < -0.4 is 11.1 Å². The molecule has 1 saturated heterocycles. The summed E-state index contributed by atoms with van der Waals surface area (Å²) in [6.45, 7) is 1.66. The lowest BCUT2D eigenvalue weighted by molar-refractivity contribution is -0.124. The normalized spacial score (nSPS) is 30.5. The Morgan fingerprint density at radius 2 is 2.00 bits per heavy atom. The zero-order chi connectivity index (χ0) is 15.7. The highest BCUT2D eigenvalue weighted by Gasteiger charge is 2.64. The van der Waals surface area contributed by atoms with Gasteiger partial charge in [0.2, 0.25) is 0 Å². The van der Waals surface area contributed by atoms with Gasteiger partial charge in [-0.1, -0.05) is 43.2 Å². The van der Waals surface area contributed by atoms with E-state index in [9.17, 15) is 0 Å². The Hall–Kier alpha value is -0.820. The molecule has 0 radical (unpaired) electrons. The molecule has 2 saturated carbocycles. The van der Waals surface area contributed by atoms with E-state index < -0.39 is 0 Å². The van der Waals surface area contributed by atoms with Crippen LogP contribution in [0.1, 0.15) is 37.7 Å². The van der Waals surface area contributed by atoms with Gasteiger partial charge in [-0.05, 0) is 31.2 Å². The molecule has 1 aromatic rings. The summed E-state index contributed by atoms with van der Waals surface area (Å²) in [5, 5.41) is 3.55. The molecule has 0 amide bonds. The molecule has 3 N–H and O–H groups in total. The molecule has 2 aliphatic carbocycles. The van der Waals surface area contributed by atoms with Crippen LogP contribution in [0, 0.1) is 11.3 Å². The molecule has 3 aliphatic rings. The molecule has 3 unspecified atom stereocenters. The third-order valence-corrected chi connectivity index (χ3v) is 6.11. The fraction of sp³-hybridized carbons (Fsp3) is 0.632. The number of aliphatic imine (C=N–C) groups is 1. The molecule has 3 atom stereocenters. The largest absolute Gasteiger partial charge is 0.377 e. The van der Waals surface area contributed by atoms with E-state index in [2.05, 4.69) is 34.6 Å². The van der Waals surface area contributed by atoms with Crippen LogP contribution in [-0.2, 0) is 11.2 Å². The summed E-state index contributed by atoms with van der Waals surface area (Å²) < 4.78 is 6.02. The van der Waals surface area contributed by atoms with Gasteiger partial charge in [-0.25, -0.2) is 0 Å². The summed E-state index contributed by atoms with van der Waals surface area (Å²) in [6, 6.07) is 10.9. The van der Waals surface area contributed by atoms with E-state index in [0.29, 0.717) is 29.4 Å². The van der Waals surface area contributed by atoms with Crippen LogP contribution in [0.5, 0.6) is 0 Å². The minimum Gasteiger partial charge on any atom is -0.377 e. The number of halogens is 1. The number of nitrogens with zero attached hydrogens (tertiary/aromatic N) is 1. The Labute approximate surface area is 161 Å². The molecule has 4 rings (SSSR count). The average Bonchev–Trinajstić information content (AvgIpc) is 3.22. The summed E-state index contributed by atoms with van der Waals surface area (Å²) in [6.07, 6.45) is 7.80. The van der Waals surface area contributed by atoms with Crippen LogP contribution in [0.4, 0.5) is 0 Å². The Kier molecular flexibility index (Phi) is 5.70. The lowest BCUT2D eigenvalue weighted by Crippen LogP contribution is -2.69. The molecule has 1 aromatic carbocycles. The van der Waals surface area contributed by atoms with Gasteiger partial charge in [0.05, 0.1) is 6.10 Å². The summed E-state index contributed by atoms with van der Waals surface area (Å²) in [7, 11) is 0. The Bertz CT molecular complexity index is 571. The number of nitrogens with two attached hydrogens (primary N) is 1. The third kappa shape index (κ3) is 3.17. The fourth-order valence-corrected chi connectivity index (χ4v) is 5.06. The smallest absolute Gasteiger partial charge is 0.188 e. The summed E-state index contributed by atoms with van der Waals surface area (Å²) in [5.41, 5.74) is 7.82. The van der Waals surface area contributed by atoms with Crippen molar-refractivity contribution in [2.45, 2.75) is 50.7 Å². The second-order valence-corrected chi connectivity index (χ2v) is 7.31. The Balaban J connectivity index is 0.00000169. The number of ether oxygens (including phenoxy) is 1. The summed E-state index contributed by atoms with van der Waals surface area (Å²) in [5.74, 6) is 1.25. The number of fused-ring (bicyclic) bond motifs is 2. The van der Waals surface area contributed by atoms with Gasteiger partial charge >= 0.3 is 0 Å². The molecule has 132 valence electrons. The van der Waals surface area contributed by atoms with Crippen LogP contribution in [-0.4, -0.2) is 31.3 Å². The van der Waals surface area contributed by atoms with Crippen molar-refractivity contribution >= 4 is 29.9 Å². The molecule has 1 aliphatic heterocycles. The van der Waals surface area contributed by atoms with Crippen LogP contribution in [0.15, 0.2) is 35.3 Å². The number of benzene rings is 1. The van der Waals surface area contributed by atoms with Crippen molar-refractivity contribution in [2.24, 2.45) is 22.1 Å². The summed E-state index contributed by atoms with van der Waals surface area (Å²) >= 11 is 0. The third-order valence-electron chi connectivity index (χ3n) is 6.11. The van der Waals surface area contributed by atoms with Crippen LogP contribution >= 0.6 is 24.0 Å². The predicted molar refractivity (Wildman–Crippen MR) is 108 cm³/mol. The van der Waals surface area contributed by atoms with E-state index in [1.54, 1.807) is 0 Å². The number of hydrogen-bond donors (Lipinski definition) is 2. The standard InChI is InChI=1S/C19H27N3O.HI/c20-18(21-12-8-14-6-2-1-3-7-14)22-16-15-9-13-23-17(15)19(16)10-4-5-11-19;/h1-3,6-7,15-17H,4-5,8-13H2,(H3,20,21,22);1H. The van der Waals surface area contributed by atoms with E-state index in [-0.39, 0.29) is 24.0 Å². The maximum absolute atomic E-state index is 6.18. The lowest BCUT2D eigenvalue weighted by Gasteiger charge is -2.57. The Morgan fingerprint density at radius 3 is 2.75 bits per heavy atom. The van der Waals surface area contributed by atoms with Crippen LogP contribution in [0.2, 0.25) is 0 Å². The van der Waals surface area contributed by atoms with Crippen molar-refractivity contribution in [1.82, 2.24) is 5.32 Å². The van der Waals surface area contributed by atoms with Gasteiger partial charge in [-0.15, -0.1) is 24.0 Å². The molecule has 5 heteroatoms. The molecule has 1 spiro atoms. The molecular formula is C19H28IN3O. The maximum Gasteiger partial charge on any atom is 0.188 e. The van der Waals surface area contributed by atoms with Crippen molar-refractivity contribution in [3.8, 4) is 0 Å². The number of nitrogens with one attached hydrogen (secondary N) is 1. The van der Waals surface area contributed by atoms with E-state index in [4.69, 9.17) is 10.5 Å². The Morgan fingerprint density at radius 1 is 1.25 bits per heavy atom. The topological polar surface area (TPSA) is 59.6 Å². The molecule has 4 nitrogen and oxygen atoms in total. The van der Waals surface area contributed by atoms with Crippen molar-refractivity contribution in [3.05, 3.63) is 35.9 Å². The highest BCUT2D eigenvalue weighted by atomic mass is 127.